The second-order valence-electron chi connectivity index (χ2n) is 7.50. The zero-order chi connectivity index (χ0) is 16.3. The van der Waals surface area contributed by atoms with Gasteiger partial charge in [-0.15, -0.1) is 0 Å². The topological polar surface area (TPSA) is 47.6 Å². The average molecular weight is 330 g/mol. The Balaban J connectivity index is 1.44. The van der Waals surface area contributed by atoms with Gasteiger partial charge in [-0.05, 0) is 43.5 Å². The summed E-state index contributed by atoms with van der Waals surface area (Å²) in [5.74, 6) is -0.253. The van der Waals surface area contributed by atoms with Gasteiger partial charge in [-0.25, -0.2) is 4.39 Å². The number of hydrogen-bond donors (Lipinski definition) is 2. The quantitative estimate of drug-likeness (QED) is 0.852. The Hall–Kier alpha value is -1.66. The van der Waals surface area contributed by atoms with E-state index in [0.717, 1.165) is 51.0 Å². The van der Waals surface area contributed by atoms with Crippen LogP contribution in [0.1, 0.15) is 35.2 Å². The number of piperidine rings is 2. The molecule has 3 saturated heterocycles. The lowest BCUT2D eigenvalue weighted by Gasteiger charge is -2.54. The maximum atomic E-state index is 14.7. The predicted molar refractivity (Wildman–Crippen MR) is 89.7 cm³/mol. The van der Waals surface area contributed by atoms with Gasteiger partial charge in [0, 0.05) is 49.9 Å². The van der Waals surface area contributed by atoms with Gasteiger partial charge in [0.25, 0.3) is 5.91 Å². The van der Waals surface area contributed by atoms with Crippen molar-refractivity contribution in [2.24, 2.45) is 0 Å². The number of carbonyl (C=O) groups is 1. The van der Waals surface area contributed by atoms with Crippen molar-refractivity contribution in [2.45, 2.75) is 43.9 Å². The number of nitrogens with one attached hydrogen (secondary N) is 2. The average Bonchev–Trinajstić information content (AvgIpc) is 2.93. The lowest BCUT2D eigenvalue weighted by molar-refractivity contribution is 0.0674. The molecule has 5 rings (SSSR count). The molecule has 2 N–H and O–H groups in total. The molecule has 0 aliphatic carbocycles. The van der Waals surface area contributed by atoms with E-state index in [4.69, 9.17) is 0 Å². The molecule has 0 aromatic heterocycles. The van der Waals surface area contributed by atoms with E-state index in [0.29, 0.717) is 29.9 Å². The van der Waals surface area contributed by atoms with Crippen LogP contribution in [0.3, 0.4) is 0 Å². The van der Waals surface area contributed by atoms with Crippen LogP contribution >= 0.6 is 0 Å². The highest BCUT2D eigenvalue weighted by atomic mass is 19.1. The molecule has 2 bridgehead atoms. The third kappa shape index (κ3) is 2.09. The highest BCUT2D eigenvalue weighted by molar-refractivity contribution is 5.99. The van der Waals surface area contributed by atoms with Crippen LogP contribution in [0.5, 0.6) is 0 Å². The normalized spacial score (nSPS) is 31.9. The number of nitrogens with zero attached hydrogens (tertiary/aromatic N) is 2. The van der Waals surface area contributed by atoms with Crippen LogP contribution in [0.25, 0.3) is 0 Å². The van der Waals surface area contributed by atoms with Crippen LogP contribution in [-0.4, -0.2) is 55.1 Å². The molecule has 3 unspecified atom stereocenters. The number of carbonyl (C=O) groups excluding carboxylic acids is 1. The first-order valence-electron chi connectivity index (χ1n) is 9.05. The second-order valence-corrected chi connectivity index (χ2v) is 7.50. The number of piperazine rings is 1. The van der Waals surface area contributed by atoms with E-state index in [2.05, 4.69) is 15.5 Å². The molecule has 5 nitrogen and oxygen atoms in total. The maximum absolute atomic E-state index is 14.7. The number of rotatable bonds is 2. The van der Waals surface area contributed by atoms with Gasteiger partial charge >= 0.3 is 0 Å². The molecule has 3 fully saturated rings. The molecule has 0 spiro atoms. The molecular weight excluding hydrogens is 307 g/mol. The maximum Gasteiger partial charge on any atom is 0.254 e. The van der Waals surface area contributed by atoms with Gasteiger partial charge in [-0.2, -0.15) is 0 Å². The first-order chi connectivity index (χ1) is 11.7. The van der Waals surface area contributed by atoms with Crippen molar-refractivity contribution in [3.8, 4) is 0 Å². The van der Waals surface area contributed by atoms with E-state index in [1.807, 2.05) is 11.0 Å². The summed E-state index contributed by atoms with van der Waals surface area (Å²) in [6.45, 7) is 4.33. The molecule has 1 aromatic carbocycles. The molecule has 128 valence electrons. The highest BCUT2D eigenvalue weighted by Crippen LogP contribution is 2.39. The van der Waals surface area contributed by atoms with Crippen molar-refractivity contribution >= 4 is 11.6 Å². The van der Waals surface area contributed by atoms with Crippen LogP contribution < -0.4 is 15.5 Å². The van der Waals surface area contributed by atoms with Crippen molar-refractivity contribution in [1.82, 2.24) is 15.5 Å². The molecule has 0 saturated carbocycles. The SMILES string of the molecule is O=C1c2cc(F)c(N3C4CNCC3C4)cc2CN1C1CCCNC1. The number of benzene rings is 1. The van der Waals surface area contributed by atoms with Gasteiger partial charge in [0.1, 0.15) is 5.82 Å². The Morgan fingerprint density at radius 2 is 1.88 bits per heavy atom. The number of fused-ring (bicyclic) bond motifs is 3. The Bertz CT molecular complexity index is 674. The Morgan fingerprint density at radius 3 is 2.58 bits per heavy atom. The van der Waals surface area contributed by atoms with Gasteiger partial charge in [0.2, 0.25) is 0 Å². The number of amides is 1. The fourth-order valence-corrected chi connectivity index (χ4v) is 4.81. The molecule has 1 aromatic rings. The third-order valence-corrected chi connectivity index (χ3v) is 6.09. The molecule has 0 radical (unpaired) electrons. The molecule has 4 aliphatic heterocycles. The van der Waals surface area contributed by atoms with Crippen molar-refractivity contribution in [3.05, 3.63) is 29.1 Å². The third-order valence-electron chi connectivity index (χ3n) is 6.09. The zero-order valence-electron chi connectivity index (χ0n) is 13.7. The molecule has 1 amide bonds. The first kappa shape index (κ1) is 14.7. The number of halogens is 1. The Morgan fingerprint density at radius 1 is 1.08 bits per heavy atom. The standard InChI is InChI=1S/C18H23FN4O/c19-16-6-15-11(4-17(16)23-13-5-14(23)9-21-8-13)10-22(18(15)24)12-2-1-3-20-7-12/h4,6,12-14,20-21H,1-3,5,7-10H2. The summed E-state index contributed by atoms with van der Waals surface area (Å²) in [6.07, 6.45) is 3.26. The summed E-state index contributed by atoms with van der Waals surface area (Å²) in [4.78, 5) is 16.9. The van der Waals surface area contributed by atoms with Crippen molar-refractivity contribution in [2.75, 3.05) is 31.1 Å². The fourth-order valence-electron chi connectivity index (χ4n) is 4.81. The molecule has 6 heteroatoms. The van der Waals surface area contributed by atoms with Gasteiger partial charge in [-0.1, -0.05) is 0 Å². The molecule has 4 heterocycles. The first-order valence-corrected chi connectivity index (χ1v) is 9.05. The largest absolute Gasteiger partial charge is 0.360 e. The summed E-state index contributed by atoms with van der Waals surface area (Å²) >= 11 is 0. The van der Waals surface area contributed by atoms with Crippen molar-refractivity contribution in [3.63, 3.8) is 0 Å². The lowest BCUT2D eigenvalue weighted by Crippen LogP contribution is -2.68. The van der Waals surface area contributed by atoms with Crippen LogP contribution in [0.4, 0.5) is 10.1 Å². The minimum absolute atomic E-state index is 0.00498. The zero-order valence-corrected chi connectivity index (χ0v) is 13.7. The van der Waals surface area contributed by atoms with Crippen LogP contribution in [-0.2, 0) is 6.54 Å². The van der Waals surface area contributed by atoms with Gasteiger partial charge < -0.3 is 20.4 Å². The molecule has 4 aliphatic rings. The lowest BCUT2D eigenvalue weighted by atomic mass is 9.87. The minimum atomic E-state index is -0.248. The second kappa shape index (κ2) is 5.43. The van der Waals surface area contributed by atoms with Crippen molar-refractivity contribution < 1.29 is 9.18 Å². The van der Waals surface area contributed by atoms with Crippen LogP contribution in [0, 0.1) is 5.82 Å². The summed E-state index contributed by atoms with van der Waals surface area (Å²) in [5, 5.41) is 6.74. The van der Waals surface area contributed by atoms with E-state index in [1.165, 1.54) is 6.07 Å². The smallest absolute Gasteiger partial charge is 0.254 e. The van der Waals surface area contributed by atoms with Gasteiger partial charge in [-0.3, -0.25) is 4.79 Å². The summed E-state index contributed by atoms with van der Waals surface area (Å²) in [7, 11) is 0. The Kier molecular flexibility index (Phi) is 3.31. The van der Waals surface area contributed by atoms with Crippen molar-refractivity contribution in [1.29, 1.82) is 0 Å². The summed E-state index contributed by atoms with van der Waals surface area (Å²) in [5.41, 5.74) is 2.23. The molecule has 3 atom stereocenters. The van der Waals surface area contributed by atoms with Gasteiger partial charge in [0.05, 0.1) is 5.69 Å². The minimum Gasteiger partial charge on any atom is -0.360 e. The monoisotopic (exact) mass is 330 g/mol. The van der Waals surface area contributed by atoms with Gasteiger partial charge in [0.15, 0.2) is 0 Å². The highest BCUT2D eigenvalue weighted by Gasteiger charge is 2.43. The van der Waals surface area contributed by atoms with E-state index in [1.54, 1.807) is 0 Å². The molecular formula is C18H23FN4O. The van der Waals surface area contributed by atoms with E-state index in [9.17, 15) is 9.18 Å². The predicted octanol–water partition coefficient (Wildman–Crippen LogP) is 1.08. The summed E-state index contributed by atoms with van der Waals surface area (Å²) < 4.78 is 14.7. The summed E-state index contributed by atoms with van der Waals surface area (Å²) in [6, 6.07) is 4.44. The fraction of sp³-hybridized carbons (Fsp3) is 0.611. The van der Waals surface area contributed by atoms with E-state index >= 15 is 0 Å². The number of hydrogen-bond acceptors (Lipinski definition) is 4. The van der Waals surface area contributed by atoms with E-state index in [-0.39, 0.29) is 17.8 Å². The van der Waals surface area contributed by atoms with Crippen LogP contribution in [0.2, 0.25) is 0 Å². The number of anilines is 1. The van der Waals surface area contributed by atoms with E-state index < -0.39 is 0 Å². The Labute approximate surface area is 141 Å². The van der Waals surface area contributed by atoms with Crippen LogP contribution in [0.15, 0.2) is 12.1 Å². The molecule has 24 heavy (non-hydrogen) atoms.